The number of carbonyl (C=O) groups is 2. The van der Waals surface area contributed by atoms with Crippen molar-refractivity contribution < 1.29 is 19.1 Å². The topological polar surface area (TPSA) is 124 Å². The first-order valence-corrected chi connectivity index (χ1v) is 11.1. The fraction of sp³-hybridized carbons (Fsp3) is 0.259. The molecule has 2 rings (SSSR count). The standard InChI is InChI=1S/C27H28N4O4/c1-34-24-10-6-8-20(16-24)14-22(18-28)26(32)30-12-4-3-5-13-31-27(33)23(19-29)15-21-9-7-11-25(17-21)35-2/h6-11,14-17H,3-5,12-13H2,1-2H3,(H,30,32)(H,31,33)/b22-14+,23-15+. The Hall–Kier alpha value is -4.56. The molecule has 0 atom stereocenters. The molecule has 0 unspecified atom stereocenters. The number of carbonyl (C=O) groups excluding carboxylic acids is 2. The summed E-state index contributed by atoms with van der Waals surface area (Å²) in [6, 6.07) is 18.0. The molecule has 0 aliphatic heterocycles. The molecule has 2 aromatic rings. The maximum atomic E-state index is 12.3. The zero-order valence-electron chi connectivity index (χ0n) is 19.8. The van der Waals surface area contributed by atoms with Crippen molar-refractivity contribution in [3.05, 3.63) is 70.8 Å². The number of hydrogen-bond donors (Lipinski definition) is 2. The number of hydrogen-bond acceptors (Lipinski definition) is 6. The van der Waals surface area contributed by atoms with Crippen LogP contribution < -0.4 is 20.1 Å². The summed E-state index contributed by atoms with van der Waals surface area (Å²) >= 11 is 0. The third-order valence-corrected chi connectivity index (χ3v) is 4.96. The summed E-state index contributed by atoms with van der Waals surface area (Å²) in [5.41, 5.74) is 1.42. The number of rotatable bonds is 12. The summed E-state index contributed by atoms with van der Waals surface area (Å²) in [5, 5.41) is 24.1. The SMILES string of the molecule is COc1cccc(/C=C(\C#N)C(=O)NCCCCCNC(=O)/C(C#N)=C/c2cccc(OC)c2)c1. The summed E-state index contributed by atoms with van der Waals surface area (Å²) in [7, 11) is 3.10. The summed E-state index contributed by atoms with van der Waals surface area (Å²) in [6.45, 7) is 0.812. The molecule has 0 saturated carbocycles. The Bertz CT molecular complexity index is 1080. The largest absolute Gasteiger partial charge is 0.497 e. The predicted octanol–water partition coefficient (Wildman–Crippen LogP) is 3.62. The van der Waals surface area contributed by atoms with E-state index in [1.807, 2.05) is 12.1 Å². The van der Waals surface area contributed by atoms with Gasteiger partial charge in [0, 0.05) is 13.1 Å². The first kappa shape index (κ1) is 26.7. The Morgan fingerprint density at radius 2 is 1.20 bits per heavy atom. The normalized spacial score (nSPS) is 11.1. The van der Waals surface area contributed by atoms with Gasteiger partial charge in [-0.1, -0.05) is 24.3 Å². The maximum absolute atomic E-state index is 12.3. The highest BCUT2D eigenvalue weighted by Gasteiger charge is 2.10. The van der Waals surface area contributed by atoms with Crippen molar-refractivity contribution >= 4 is 24.0 Å². The van der Waals surface area contributed by atoms with Crippen LogP contribution in [0.1, 0.15) is 30.4 Å². The van der Waals surface area contributed by atoms with Gasteiger partial charge < -0.3 is 20.1 Å². The Morgan fingerprint density at radius 3 is 1.57 bits per heavy atom. The number of nitrogens with zero attached hydrogens (tertiary/aromatic N) is 2. The molecule has 8 heteroatoms. The molecule has 180 valence electrons. The van der Waals surface area contributed by atoms with Crippen LogP contribution in [-0.4, -0.2) is 39.1 Å². The molecule has 0 aliphatic carbocycles. The third kappa shape index (κ3) is 9.07. The molecule has 8 nitrogen and oxygen atoms in total. The number of amides is 2. The molecule has 2 aromatic carbocycles. The van der Waals surface area contributed by atoms with Gasteiger partial charge in [-0.05, 0) is 66.8 Å². The molecule has 0 bridgehead atoms. The van der Waals surface area contributed by atoms with Gasteiger partial charge in [-0.15, -0.1) is 0 Å². The van der Waals surface area contributed by atoms with E-state index in [2.05, 4.69) is 10.6 Å². The van der Waals surface area contributed by atoms with E-state index in [0.717, 1.165) is 6.42 Å². The molecule has 2 amide bonds. The lowest BCUT2D eigenvalue weighted by atomic mass is 10.1. The molecule has 2 N–H and O–H groups in total. The van der Waals surface area contributed by atoms with Gasteiger partial charge in [-0.25, -0.2) is 0 Å². The smallest absolute Gasteiger partial charge is 0.261 e. The number of nitrogens with one attached hydrogen (secondary N) is 2. The van der Waals surface area contributed by atoms with Crippen LogP contribution in [0.4, 0.5) is 0 Å². The fourth-order valence-corrected chi connectivity index (χ4v) is 3.11. The second-order valence-electron chi connectivity index (χ2n) is 7.47. The average Bonchev–Trinajstić information content (AvgIpc) is 2.89. The molecule has 0 fully saturated rings. The maximum Gasteiger partial charge on any atom is 0.261 e. The predicted molar refractivity (Wildman–Crippen MR) is 133 cm³/mol. The molecule has 0 saturated heterocycles. The van der Waals surface area contributed by atoms with Crippen molar-refractivity contribution in [2.24, 2.45) is 0 Å². The zero-order chi connectivity index (χ0) is 25.5. The first-order chi connectivity index (χ1) is 17.0. The first-order valence-electron chi connectivity index (χ1n) is 11.1. The Morgan fingerprint density at radius 1 is 0.771 bits per heavy atom. The van der Waals surface area contributed by atoms with Crippen molar-refractivity contribution in [2.75, 3.05) is 27.3 Å². The van der Waals surface area contributed by atoms with Gasteiger partial charge in [0.05, 0.1) is 14.2 Å². The molecule has 0 aliphatic rings. The minimum absolute atomic E-state index is 0.0115. The number of nitriles is 2. The van der Waals surface area contributed by atoms with Crippen LogP contribution in [-0.2, 0) is 9.59 Å². The van der Waals surface area contributed by atoms with Crippen LogP contribution in [0.3, 0.4) is 0 Å². The van der Waals surface area contributed by atoms with Crippen molar-refractivity contribution in [3.63, 3.8) is 0 Å². The minimum Gasteiger partial charge on any atom is -0.497 e. The van der Waals surface area contributed by atoms with Crippen molar-refractivity contribution in [1.82, 2.24) is 10.6 Å². The zero-order valence-corrected chi connectivity index (χ0v) is 19.8. The Balaban J connectivity index is 1.73. The summed E-state index contributed by atoms with van der Waals surface area (Å²) < 4.78 is 10.3. The lowest BCUT2D eigenvalue weighted by molar-refractivity contribution is -0.117. The summed E-state index contributed by atoms with van der Waals surface area (Å²) in [5.74, 6) is 0.400. The van der Waals surface area contributed by atoms with Crippen LogP contribution in [0.25, 0.3) is 12.2 Å². The monoisotopic (exact) mass is 472 g/mol. The number of ether oxygens (including phenoxy) is 2. The van der Waals surface area contributed by atoms with E-state index in [1.54, 1.807) is 62.8 Å². The lowest BCUT2D eigenvalue weighted by Gasteiger charge is -2.06. The van der Waals surface area contributed by atoms with Crippen LogP contribution in [0.5, 0.6) is 11.5 Å². The minimum atomic E-state index is -0.440. The molecule has 0 heterocycles. The molecule has 0 radical (unpaired) electrons. The van der Waals surface area contributed by atoms with Crippen LogP contribution in [0, 0.1) is 22.7 Å². The van der Waals surface area contributed by atoms with Gasteiger partial charge in [0.15, 0.2) is 0 Å². The van der Waals surface area contributed by atoms with Crippen molar-refractivity contribution in [1.29, 1.82) is 10.5 Å². The van der Waals surface area contributed by atoms with Crippen LogP contribution in [0.2, 0.25) is 0 Å². The summed E-state index contributed by atoms with van der Waals surface area (Å²) in [4.78, 5) is 24.5. The Labute approximate surface area is 205 Å². The van der Waals surface area contributed by atoms with Gasteiger partial charge in [-0.3, -0.25) is 9.59 Å². The number of unbranched alkanes of at least 4 members (excludes halogenated alkanes) is 2. The highest BCUT2D eigenvalue weighted by molar-refractivity contribution is 6.02. The highest BCUT2D eigenvalue weighted by atomic mass is 16.5. The van der Waals surface area contributed by atoms with Gasteiger partial charge in [0.25, 0.3) is 11.8 Å². The summed E-state index contributed by atoms with van der Waals surface area (Å²) in [6.07, 6.45) is 5.15. The number of methoxy groups -OCH3 is 2. The molecular weight excluding hydrogens is 444 g/mol. The van der Waals surface area contributed by atoms with Crippen molar-refractivity contribution in [2.45, 2.75) is 19.3 Å². The van der Waals surface area contributed by atoms with E-state index in [0.29, 0.717) is 48.6 Å². The van der Waals surface area contributed by atoms with E-state index < -0.39 is 11.8 Å². The van der Waals surface area contributed by atoms with Gasteiger partial charge >= 0.3 is 0 Å². The van der Waals surface area contributed by atoms with E-state index in [1.165, 1.54) is 12.2 Å². The molecule has 0 spiro atoms. The molecule has 35 heavy (non-hydrogen) atoms. The average molecular weight is 473 g/mol. The quantitative estimate of drug-likeness (QED) is 0.276. The number of benzene rings is 2. The lowest BCUT2D eigenvalue weighted by Crippen LogP contribution is -2.27. The van der Waals surface area contributed by atoms with Gasteiger partial charge in [0.1, 0.15) is 34.8 Å². The second-order valence-corrected chi connectivity index (χ2v) is 7.47. The van der Waals surface area contributed by atoms with Gasteiger partial charge in [0.2, 0.25) is 0 Å². The second kappa shape index (κ2) is 14.6. The fourth-order valence-electron chi connectivity index (χ4n) is 3.11. The van der Waals surface area contributed by atoms with E-state index in [9.17, 15) is 20.1 Å². The van der Waals surface area contributed by atoms with E-state index in [-0.39, 0.29) is 11.1 Å². The van der Waals surface area contributed by atoms with Crippen LogP contribution >= 0.6 is 0 Å². The van der Waals surface area contributed by atoms with E-state index in [4.69, 9.17) is 9.47 Å². The van der Waals surface area contributed by atoms with Gasteiger partial charge in [-0.2, -0.15) is 10.5 Å². The van der Waals surface area contributed by atoms with Crippen molar-refractivity contribution in [3.8, 4) is 23.6 Å². The van der Waals surface area contributed by atoms with Crippen LogP contribution in [0.15, 0.2) is 59.7 Å². The molecule has 0 aromatic heterocycles. The third-order valence-electron chi connectivity index (χ3n) is 4.96. The highest BCUT2D eigenvalue weighted by Crippen LogP contribution is 2.16. The Kier molecular flexibility index (Phi) is 11.1. The van der Waals surface area contributed by atoms with E-state index >= 15 is 0 Å². The molecular formula is C27H28N4O4.